The molecular formula is C26H58BrN3. The van der Waals surface area contributed by atoms with Crippen LogP contribution in [-0.2, 0) is 0 Å². The number of hydrogen-bond acceptors (Lipinski definition) is 2. The summed E-state index contributed by atoms with van der Waals surface area (Å²) in [5.41, 5.74) is 0. The van der Waals surface area contributed by atoms with Gasteiger partial charge in [-0.25, -0.2) is 0 Å². The molecule has 3 nitrogen and oxygen atoms in total. The Morgan fingerprint density at radius 3 is 1.13 bits per heavy atom. The van der Waals surface area contributed by atoms with E-state index < -0.39 is 0 Å². The van der Waals surface area contributed by atoms with Crippen LogP contribution in [0.15, 0.2) is 0 Å². The van der Waals surface area contributed by atoms with Crippen LogP contribution in [0.1, 0.15) is 135 Å². The summed E-state index contributed by atoms with van der Waals surface area (Å²) < 4.78 is 0. The van der Waals surface area contributed by atoms with Crippen molar-refractivity contribution in [2.75, 3.05) is 32.7 Å². The van der Waals surface area contributed by atoms with Crippen LogP contribution in [0.3, 0.4) is 0 Å². The van der Waals surface area contributed by atoms with E-state index in [9.17, 15) is 0 Å². The number of piperazine rings is 1. The van der Waals surface area contributed by atoms with Gasteiger partial charge in [0.1, 0.15) is 0 Å². The van der Waals surface area contributed by atoms with E-state index >= 15 is 0 Å². The number of hydrogen-bond donors (Lipinski definition) is 2. The van der Waals surface area contributed by atoms with Crippen LogP contribution >= 0.6 is 0 Å². The molecule has 1 fully saturated rings. The Balaban J connectivity index is 0. The predicted molar refractivity (Wildman–Crippen MR) is 133 cm³/mol. The molecule has 0 aromatic rings. The third kappa shape index (κ3) is 23.0. The maximum Gasteiger partial charge on any atom is 0.0107 e. The van der Waals surface area contributed by atoms with Gasteiger partial charge >= 0.3 is 0 Å². The van der Waals surface area contributed by atoms with Crippen molar-refractivity contribution in [1.29, 1.82) is 0 Å². The highest BCUT2D eigenvalue weighted by molar-refractivity contribution is 4.67. The summed E-state index contributed by atoms with van der Waals surface area (Å²) in [6, 6.07) is 0. The van der Waals surface area contributed by atoms with Gasteiger partial charge in [0.15, 0.2) is 0 Å². The summed E-state index contributed by atoms with van der Waals surface area (Å²) in [5.74, 6) is 0. The lowest BCUT2D eigenvalue weighted by Gasteiger charge is -2.27. The third-order valence-corrected chi connectivity index (χ3v) is 6.54. The number of quaternary nitrogens is 1. The highest BCUT2D eigenvalue weighted by atomic mass is 79.9. The van der Waals surface area contributed by atoms with Gasteiger partial charge in [0, 0.05) is 26.2 Å². The molecule has 1 heterocycles. The molecule has 0 aliphatic carbocycles. The molecule has 0 saturated carbocycles. The van der Waals surface area contributed by atoms with Crippen LogP contribution < -0.4 is 28.4 Å². The standard InChI is InChI=1S/C26H54N2.BrH.H3N/c1-2-3-4-5-6-7-8-9-10-11-12-13-14-15-16-17-18-19-20-21-24-28-25-22-27-23-26-28;;/h27H,2-26H2,1H3;1H;1H3. The smallest absolute Gasteiger partial charge is 0.0107 e. The van der Waals surface area contributed by atoms with Crippen molar-refractivity contribution in [3.05, 3.63) is 0 Å². The number of unbranched alkanes of at least 4 members (excludes halogenated alkanes) is 19. The summed E-state index contributed by atoms with van der Waals surface area (Å²) >= 11 is 0. The van der Waals surface area contributed by atoms with Crippen molar-refractivity contribution in [1.82, 2.24) is 16.4 Å². The zero-order chi connectivity index (χ0) is 20.0. The largest absolute Gasteiger partial charge is 1.00 e. The molecule has 0 amide bonds. The van der Waals surface area contributed by atoms with E-state index in [0.717, 1.165) is 0 Å². The van der Waals surface area contributed by atoms with E-state index in [4.69, 9.17) is 0 Å². The first-order valence-corrected chi connectivity index (χ1v) is 13.4. The topological polar surface area (TPSA) is 51.8 Å². The molecule has 0 atom stereocenters. The summed E-state index contributed by atoms with van der Waals surface area (Å²) in [4.78, 5) is 2.63. The van der Waals surface area contributed by atoms with Gasteiger partial charge in [-0.2, -0.15) is 0 Å². The van der Waals surface area contributed by atoms with Crippen LogP contribution in [0.4, 0.5) is 0 Å². The molecule has 184 valence electrons. The van der Waals surface area contributed by atoms with Gasteiger partial charge in [-0.05, 0) is 13.0 Å². The number of nitrogens with one attached hydrogen (secondary N) is 1. The van der Waals surface area contributed by atoms with E-state index in [1.165, 1.54) is 161 Å². The highest BCUT2D eigenvalue weighted by Crippen LogP contribution is 2.14. The average molecular weight is 493 g/mol. The molecule has 0 aromatic carbocycles. The Bertz CT molecular complexity index is 296. The second-order valence-corrected chi connectivity index (χ2v) is 9.31. The second-order valence-electron chi connectivity index (χ2n) is 9.31. The molecule has 1 aliphatic heterocycles. The molecule has 1 rings (SSSR count). The Morgan fingerprint density at radius 1 is 0.500 bits per heavy atom. The minimum Gasteiger partial charge on any atom is -1.00 e. The summed E-state index contributed by atoms with van der Waals surface area (Å²) in [7, 11) is 0. The lowest BCUT2D eigenvalue weighted by Crippen LogP contribution is -3.00. The SMILES string of the molecule is CCCCCCCCCCCCCCCCCCCCCCN1CCNCC1.[Br-].[NH4+]. The van der Waals surface area contributed by atoms with E-state index in [2.05, 4.69) is 17.1 Å². The molecule has 0 radical (unpaired) electrons. The minimum absolute atomic E-state index is 0. The normalized spacial score (nSPS) is 14.3. The number of halogens is 1. The molecule has 1 saturated heterocycles. The van der Waals surface area contributed by atoms with E-state index in [1.807, 2.05) is 0 Å². The quantitative estimate of drug-likeness (QED) is 0.219. The first-order valence-electron chi connectivity index (χ1n) is 13.4. The summed E-state index contributed by atoms with van der Waals surface area (Å²) in [5, 5.41) is 3.44. The summed E-state index contributed by atoms with van der Waals surface area (Å²) in [6.07, 6.45) is 29.4. The first-order chi connectivity index (χ1) is 13.9. The average Bonchev–Trinajstić information content (AvgIpc) is 2.73. The lowest BCUT2D eigenvalue weighted by molar-refractivity contribution is -0.00000667. The van der Waals surface area contributed by atoms with Gasteiger partial charge in [0.05, 0.1) is 0 Å². The van der Waals surface area contributed by atoms with Gasteiger partial charge in [0.25, 0.3) is 0 Å². The number of nitrogens with zero attached hydrogens (tertiary/aromatic N) is 1. The maximum atomic E-state index is 3.44. The van der Waals surface area contributed by atoms with Crippen molar-refractivity contribution in [3.63, 3.8) is 0 Å². The van der Waals surface area contributed by atoms with Crippen LogP contribution in [0.5, 0.6) is 0 Å². The van der Waals surface area contributed by atoms with Crippen molar-refractivity contribution < 1.29 is 17.0 Å². The highest BCUT2D eigenvalue weighted by Gasteiger charge is 2.07. The molecular weight excluding hydrogens is 434 g/mol. The van der Waals surface area contributed by atoms with E-state index in [-0.39, 0.29) is 23.1 Å². The van der Waals surface area contributed by atoms with Crippen molar-refractivity contribution in [2.24, 2.45) is 0 Å². The fourth-order valence-electron chi connectivity index (χ4n) is 4.53. The molecule has 0 bridgehead atoms. The van der Waals surface area contributed by atoms with Gasteiger partial charge in [-0.1, -0.05) is 129 Å². The Morgan fingerprint density at radius 2 is 0.800 bits per heavy atom. The fraction of sp³-hybridized carbons (Fsp3) is 1.00. The zero-order valence-electron chi connectivity index (χ0n) is 21.0. The minimum atomic E-state index is 0. The van der Waals surface area contributed by atoms with Gasteiger partial charge in [0.2, 0.25) is 0 Å². The van der Waals surface area contributed by atoms with Crippen molar-refractivity contribution >= 4 is 0 Å². The van der Waals surface area contributed by atoms with Crippen molar-refractivity contribution in [2.45, 2.75) is 135 Å². The van der Waals surface area contributed by atoms with E-state index in [1.54, 1.807) is 0 Å². The molecule has 0 spiro atoms. The second kappa shape index (κ2) is 27.4. The Hall–Kier alpha value is 0.360. The van der Waals surface area contributed by atoms with Crippen LogP contribution in [-0.4, -0.2) is 37.6 Å². The molecule has 0 aromatic heterocycles. The Labute approximate surface area is 201 Å². The van der Waals surface area contributed by atoms with Gasteiger partial charge in [-0.3, -0.25) is 0 Å². The van der Waals surface area contributed by atoms with Crippen molar-refractivity contribution in [3.8, 4) is 0 Å². The monoisotopic (exact) mass is 491 g/mol. The number of rotatable bonds is 21. The van der Waals surface area contributed by atoms with Gasteiger partial charge < -0.3 is 33.3 Å². The molecule has 1 aliphatic rings. The molecule has 4 heteroatoms. The molecule has 30 heavy (non-hydrogen) atoms. The maximum absolute atomic E-state index is 3.44. The van der Waals surface area contributed by atoms with Crippen LogP contribution in [0, 0.1) is 0 Å². The van der Waals surface area contributed by atoms with E-state index in [0.29, 0.717) is 0 Å². The Kier molecular flexibility index (Phi) is 29.7. The fourth-order valence-corrected chi connectivity index (χ4v) is 4.53. The first kappa shape index (κ1) is 32.5. The van der Waals surface area contributed by atoms with Crippen LogP contribution in [0.2, 0.25) is 0 Å². The predicted octanol–water partition coefficient (Wildman–Crippen LogP) is 5.09. The molecule has 5 N–H and O–H groups in total. The third-order valence-electron chi connectivity index (χ3n) is 6.54. The van der Waals surface area contributed by atoms with Crippen LogP contribution in [0.25, 0.3) is 0 Å². The van der Waals surface area contributed by atoms with Gasteiger partial charge in [-0.15, -0.1) is 0 Å². The molecule has 0 unspecified atom stereocenters. The summed E-state index contributed by atoms with van der Waals surface area (Å²) in [6.45, 7) is 8.55. The zero-order valence-corrected chi connectivity index (χ0v) is 22.6. The lowest BCUT2D eigenvalue weighted by atomic mass is 10.0.